The standard InChI is InChI=1S/C11H19N/c12-11-2-1-8-3-9(6-11)5-10(4-8)7-11/h8-10H,1-7,12H2. The number of nitrogens with two attached hydrogens (primary N) is 1. The van der Waals surface area contributed by atoms with Crippen LogP contribution in [-0.2, 0) is 0 Å². The van der Waals surface area contributed by atoms with Gasteiger partial charge in [0.25, 0.3) is 0 Å². The van der Waals surface area contributed by atoms with E-state index in [2.05, 4.69) is 0 Å². The molecule has 0 aromatic rings. The van der Waals surface area contributed by atoms with Gasteiger partial charge in [-0.15, -0.1) is 0 Å². The van der Waals surface area contributed by atoms with E-state index in [1.165, 1.54) is 44.9 Å². The minimum Gasteiger partial charge on any atom is -0.325 e. The van der Waals surface area contributed by atoms with Crippen LogP contribution < -0.4 is 5.73 Å². The van der Waals surface area contributed by atoms with E-state index in [-0.39, 0.29) is 5.54 Å². The fourth-order valence-corrected chi connectivity index (χ4v) is 4.20. The molecule has 0 heterocycles. The molecule has 0 spiro atoms. The Morgan fingerprint density at radius 2 is 1.50 bits per heavy atom. The summed E-state index contributed by atoms with van der Waals surface area (Å²) in [4.78, 5) is 0. The minimum atomic E-state index is 0.277. The Morgan fingerprint density at radius 1 is 0.917 bits per heavy atom. The first kappa shape index (κ1) is 7.37. The first-order valence-corrected chi connectivity index (χ1v) is 5.52. The molecule has 0 aromatic carbocycles. The number of hydrogen-bond acceptors (Lipinski definition) is 1. The van der Waals surface area contributed by atoms with Crippen LogP contribution in [0.15, 0.2) is 0 Å². The Bertz CT molecular complexity index is 185. The van der Waals surface area contributed by atoms with Gasteiger partial charge in [0, 0.05) is 5.54 Å². The van der Waals surface area contributed by atoms with Crippen LogP contribution in [-0.4, -0.2) is 5.54 Å². The fraction of sp³-hybridized carbons (Fsp3) is 1.00. The highest BCUT2D eigenvalue weighted by Gasteiger charge is 2.45. The van der Waals surface area contributed by atoms with E-state index >= 15 is 0 Å². The van der Waals surface area contributed by atoms with Crippen LogP contribution in [0, 0.1) is 17.8 Å². The van der Waals surface area contributed by atoms with E-state index < -0.39 is 0 Å². The van der Waals surface area contributed by atoms with Gasteiger partial charge in [0.15, 0.2) is 0 Å². The lowest BCUT2D eigenvalue weighted by atomic mass is 9.65. The predicted molar refractivity (Wildman–Crippen MR) is 49.7 cm³/mol. The summed E-state index contributed by atoms with van der Waals surface area (Å²) in [7, 11) is 0. The van der Waals surface area contributed by atoms with Gasteiger partial charge in [0.05, 0.1) is 0 Å². The van der Waals surface area contributed by atoms with Crippen molar-refractivity contribution in [1.82, 2.24) is 0 Å². The summed E-state index contributed by atoms with van der Waals surface area (Å²) >= 11 is 0. The molecule has 1 nitrogen and oxygen atoms in total. The van der Waals surface area contributed by atoms with Crippen LogP contribution in [0.4, 0.5) is 0 Å². The molecular formula is C11H19N. The second kappa shape index (κ2) is 2.25. The van der Waals surface area contributed by atoms with E-state index in [0.29, 0.717) is 0 Å². The molecule has 4 fully saturated rings. The van der Waals surface area contributed by atoms with Gasteiger partial charge in [-0.25, -0.2) is 0 Å². The smallest absolute Gasteiger partial charge is 0.0159 e. The van der Waals surface area contributed by atoms with Gasteiger partial charge < -0.3 is 5.73 Å². The second-order valence-corrected chi connectivity index (χ2v) is 5.61. The Morgan fingerprint density at radius 3 is 2.17 bits per heavy atom. The van der Waals surface area contributed by atoms with Gasteiger partial charge in [-0.05, 0) is 62.7 Å². The molecule has 4 saturated carbocycles. The van der Waals surface area contributed by atoms with Crippen molar-refractivity contribution in [3.63, 3.8) is 0 Å². The van der Waals surface area contributed by atoms with Crippen LogP contribution in [0.25, 0.3) is 0 Å². The molecule has 68 valence electrons. The molecule has 4 aliphatic rings. The highest BCUT2D eigenvalue weighted by atomic mass is 14.8. The van der Waals surface area contributed by atoms with Crippen molar-refractivity contribution in [1.29, 1.82) is 0 Å². The highest BCUT2D eigenvalue weighted by Crippen LogP contribution is 2.51. The predicted octanol–water partition coefficient (Wildman–Crippen LogP) is 2.30. The Balaban J connectivity index is 1.94. The van der Waals surface area contributed by atoms with Gasteiger partial charge in [-0.2, -0.15) is 0 Å². The topological polar surface area (TPSA) is 26.0 Å². The largest absolute Gasteiger partial charge is 0.325 e. The van der Waals surface area contributed by atoms with Gasteiger partial charge in [-0.1, -0.05) is 0 Å². The minimum absolute atomic E-state index is 0.277. The maximum Gasteiger partial charge on any atom is 0.0159 e. The first-order chi connectivity index (χ1) is 5.73. The Hall–Kier alpha value is -0.0400. The van der Waals surface area contributed by atoms with Crippen molar-refractivity contribution < 1.29 is 0 Å². The van der Waals surface area contributed by atoms with Crippen LogP contribution in [0.1, 0.15) is 44.9 Å². The summed E-state index contributed by atoms with van der Waals surface area (Å²) in [6.45, 7) is 0. The van der Waals surface area contributed by atoms with Crippen molar-refractivity contribution in [3.05, 3.63) is 0 Å². The monoisotopic (exact) mass is 165 g/mol. The van der Waals surface area contributed by atoms with Crippen molar-refractivity contribution in [2.45, 2.75) is 50.5 Å². The van der Waals surface area contributed by atoms with Crippen molar-refractivity contribution >= 4 is 0 Å². The quantitative estimate of drug-likeness (QED) is 0.585. The summed E-state index contributed by atoms with van der Waals surface area (Å²) in [5.41, 5.74) is 6.69. The van der Waals surface area contributed by atoms with Crippen LogP contribution in [0.3, 0.4) is 0 Å². The number of fused-ring (bicyclic) bond motifs is 1. The zero-order valence-corrected chi connectivity index (χ0v) is 7.76. The highest BCUT2D eigenvalue weighted by molar-refractivity contribution is 5.01. The maximum atomic E-state index is 6.42. The zero-order valence-electron chi connectivity index (χ0n) is 7.76. The molecule has 12 heavy (non-hydrogen) atoms. The van der Waals surface area contributed by atoms with Gasteiger partial charge in [0.2, 0.25) is 0 Å². The van der Waals surface area contributed by atoms with Crippen LogP contribution in [0.5, 0.6) is 0 Å². The average Bonchev–Trinajstić information content (AvgIpc) is 2.14. The lowest BCUT2D eigenvalue weighted by Gasteiger charge is -2.43. The lowest BCUT2D eigenvalue weighted by Crippen LogP contribution is -2.46. The molecule has 0 radical (unpaired) electrons. The molecule has 4 aliphatic carbocycles. The number of rotatable bonds is 0. The molecule has 4 rings (SSSR count). The van der Waals surface area contributed by atoms with Gasteiger partial charge >= 0.3 is 0 Å². The molecule has 1 heteroatoms. The average molecular weight is 165 g/mol. The van der Waals surface area contributed by atoms with Gasteiger partial charge in [-0.3, -0.25) is 0 Å². The number of hydrogen-bond donors (Lipinski definition) is 1. The molecule has 0 amide bonds. The van der Waals surface area contributed by atoms with Crippen molar-refractivity contribution in [2.75, 3.05) is 0 Å². The van der Waals surface area contributed by atoms with Crippen LogP contribution in [0.2, 0.25) is 0 Å². The van der Waals surface area contributed by atoms with Crippen molar-refractivity contribution in [2.24, 2.45) is 23.5 Å². The summed E-state index contributed by atoms with van der Waals surface area (Å²) in [6.07, 6.45) is 9.98. The third-order valence-electron chi connectivity index (χ3n) is 4.44. The zero-order chi connectivity index (χ0) is 8.18. The maximum absolute atomic E-state index is 6.42. The second-order valence-electron chi connectivity index (χ2n) is 5.61. The summed E-state index contributed by atoms with van der Waals surface area (Å²) < 4.78 is 0. The summed E-state index contributed by atoms with van der Waals surface area (Å²) in [5.74, 6) is 3.08. The third-order valence-corrected chi connectivity index (χ3v) is 4.44. The molecule has 0 saturated heterocycles. The van der Waals surface area contributed by atoms with Crippen molar-refractivity contribution in [3.8, 4) is 0 Å². The Kier molecular flexibility index (Phi) is 1.39. The van der Waals surface area contributed by atoms with E-state index in [9.17, 15) is 0 Å². The Labute approximate surface area is 74.7 Å². The lowest BCUT2D eigenvalue weighted by molar-refractivity contribution is 0.117. The van der Waals surface area contributed by atoms with Gasteiger partial charge in [0.1, 0.15) is 0 Å². The van der Waals surface area contributed by atoms with E-state index in [1.807, 2.05) is 0 Å². The van der Waals surface area contributed by atoms with Crippen LogP contribution >= 0.6 is 0 Å². The van der Waals surface area contributed by atoms with E-state index in [1.54, 1.807) is 0 Å². The molecule has 2 unspecified atom stereocenters. The molecular weight excluding hydrogens is 146 g/mol. The SMILES string of the molecule is NC12CCC3CC(CC(C3)C1)C2. The summed E-state index contributed by atoms with van der Waals surface area (Å²) in [5, 5.41) is 0. The molecule has 0 aromatic heterocycles. The fourth-order valence-electron chi connectivity index (χ4n) is 4.20. The molecule has 4 bridgehead atoms. The molecule has 2 N–H and O–H groups in total. The first-order valence-electron chi connectivity index (χ1n) is 5.52. The van der Waals surface area contributed by atoms with E-state index in [0.717, 1.165) is 17.8 Å². The third kappa shape index (κ3) is 1.02. The summed E-state index contributed by atoms with van der Waals surface area (Å²) in [6, 6.07) is 0. The van der Waals surface area contributed by atoms with E-state index in [4.69, 9.17) is 5.73 Å². The molecule has 0 aliphatic heterocycles. The molecule has 2 atom stereocenters. The normalized spacial score (nSPS) is 57.2.